The highest BCUT2D eigenvalue weighted by Crippen LogP contribution is 2.72. The number of carbonyl (C=O) groups is 2. The van der Waals surface area contributed by atoms with Gasteiger partial charge in [0.05, 0.1) is 6.10 Å². The van der Waals surface area contributed by atoms with Gasteiger partial charge >= 0.3 is 5.97 Å². The maximum atomic E-state index is 17.3. The predicted molar refractivity (Wildman–Crippen MR) is 125 cm³/mol. The Morgan fingerprint density at radius 1 is 1.22 bits per heavy atom. The van der Waals surface area contributed by atoms with Crippen molar-refractivity contribution >= 4 is 11.8 Å². The van der Waals surface area contributed by atoms with E-state index in [0.717, 1.165) is 5.56 Å². The number of hydrogen-bond donors (Lipinski definition) is 2. The molecule has 0 unspecified atom stereocenters. The van der Waals surface area contributed by atoms with Crippen LogP contribution in [0, 0.1) is 34.4 Å². The van der Waals surface area contributed by atoms with Crippen molar-refractivity contribution in [3.05, 3.63) is 59.4 Å². The fourth-order valence-corrected chi connectivity index (χ4v) is 8.58. The van der Waals surface area contributed by atoms with E-state index < -0.39 is 40.1 Å². The van der Waals surface area contributed by atoms with Gasteiger partial charge in [-0.15, -0.1) is 0 Å². The van der Waals surface area contributed by atoms with E-state index in [1.807, 2.05) is 6.92 Å². The number of carbonyl (C=O) groups excluding carboxylic acids is 1. The number of nitrogens with zero attached hydrogens (tertiary/aromatic N) is 1. The molecule has 6 nitrogen and oxygen atoms in total. The van der Waals surface area contributed by atoms with Crippen LogP contribution in [0.1, 0.15) is 45.1 Å². The Labute approximate surface area is 208 Å². The van der Waals surface area contributed by atoms with E-state index in [9.17, 15) is 24.2 Å². The number of allylic oxidation sites excluding steroid dienone is 4. The monoisotopic (exact) mass is 499 g/mol. The zero-order valence-corrected chi connectivity index (χ0v) is 20.4. The number of carboxylic acids is 1. The molecule has 1 heterocycles. The molecule has 0 amide bonds. The molecule has 8 heteroatoms. The lowest BCUT2D eigenvalue weighted by Gasteiger charge is -2.62. The number of aliphatic hydroxyl groups is 1. The fourth-order valence-electron chi connectivity index (χ4n) is 8.58. The zero-order valence-electron chi connectivity index (χ0n) is 20.4. The van der Waals surface area contributed by atoms with Crippen LogP contribution < -0.4 is 0 Å². The molecule has 36 heavy (non-hydrogen) atoms. The first kappa shape index (κ1) is 23.9. The molecule has 1 aromatic carbocycles. The second-order valence-electron chi connectivity index (χ2n) is 11.8. The Bertz CT molecular complexity index is 1200. The largest absolute Gasteiger partial charge is 0.479 e. The number of aliphatic hydroxyl groups excluding tert-OH is 1. The van der Waals surface area contributed by atoms with Gasteiger partial charge in [-0.25, -0.2) is 13.6 Å². The number of ketones is 1. The van der Waals surface area contributed by atoms with E-state index in [1.54, 1.807) is 30.2 Å². The molecule has 5 aliphatic rings. The summed E-state index contributed by atoms with van der Waals surface area (Å²) in [6.45, 7) is 4.25. The van der Waals surface area contributed by atoms with Crippen molar-refractivity contribution in [1.82, 2.24) is 5.06 Å². The number of aliphatic carboxylic acids is 1. The number of rotatable bonds is 3. The smallest absolute Gasteiger partial charge is 0.339 e. The SMILES string of the molecule is C[C@]12C=CC(=O)C=C1CC[C@H]1[C@@H]3C[C@H]4CN(Cc5ccc(F)cc5)O[C@@]4(C(=O)O)[C@@]3(C)C[C@H](O)[C@@]12F. The molecule has 1 saturated heterocycles. The van der Waals surface area contributed by atoms with E-state index in [0.29, 0.717) is 37.9 Å². The summed E-state index contributed by atoms with van der Waals surface area (Å²) < 4.78 is 30.6. The molecule has 0 bridgehead atoms. The van der Waals surface area contributed by atoms with E-state index in [2.05, 4.69) is 0 Å². The summed E-state index contributed by atoms with van der Waals surface area (Å²) >= 11 is 0. The predicted octanol–water partition coefficient (Wildman–Crippen LogP) is 3.99. The van der Waals surface area contributed by atoms with Crippen LogP contribution in [0.25, 0.3) is 0 Å². The third kappa shape index (κ3) is 2.81. The highest BCUT2D eigenvalue weighted by atomic mass is 19.1. The van der Waals surface area contributed by atoms with Crippen LogP contribution in [0.5, 0.6) is 0 Å². The van der Waals surface area contributed by atoms with E-state index in [4.69, 9.17) is 4.84 Å². The molecule has 192 valence electrons. The Hall–Kier alpha value is -2.42. The molecule has 1 aromatic rings. The number of carboxylic acid groups (broad SMARTS) is 1. The van der Waals surface area contributed by atoms with Gasteiger partial charge in [0.25, 0.3) is 0 Å². The van der Waals surface area contributed by atoms with Crippen molar-refractivity contribution in [2.45, 2.75) is 63.4 Å². The van der Waals surface area contributed by atoms with Gasteiger partial charge < -0.3 is 10.2 Å². The molecule has 6 rings (SSSR count). The van der Waals surface area contributed by atoms with Gasteiger partial charge in [0.1, 0.15) is 5.82 Å². The van der Waals surface area contributed by atoms with Gasteiger partial charge in [-0.05, 0) is 68.4 Å². The average molecular weight is 500 g/mol. The maximum absolute atomic E-state index is 17.3. The first-order valence-corrected chi connectivity index (χ1v) is 12.7. The van der Waals surface area contributed by atoms with E-state index >= 15 is 4.39 Å². The van der Waals surface area contributed by atoms with Crippen LogP contribution in [0.3, 0.4) is 0 Å². The normalized spacial score (nSPS) is 45.5. The summed E-state index contributed by atoms with van der Waals surface area (Å²) in [4.78, 5) is 31.2. The minimum Gasteiger partial charge on any atom is -0.479 e. The summed E-state index contributed by atoms with van der Waals surface area (Å²) in [6.07, 6.45) is 4.46. The Balaban J connectivity index is 1.36. The van der Waals surface area contributed by atoms with Crippen LogP contribution in [0.4, 0.5) is 8.78 Å². The topological polar surface area (TPSA) is 87.1 Å². The molecule has 2 N–H and O–H groups in total. The third-order valence-electron chi connectivity index (χ3n) is 10.3. The van der Waals surface area contributed by atoms with E-state index in [1.165, 1.54) is 24.3 Å². The summed E-state index contributed by atoms with van der Waals surface area (Å²) in [5.41, 5.74) is -4.21. The van der Waals surface area contributed by atoms with Crippen LogP contribution in [0.15, 0.2) is 48.1 Å². The number of alkyl halides is 1. The van der Waals surface area contributed by atoms with Crippen LogP contribution >= 0.6 is 0 Å². The Kier molecular flexibility index (Phi) is 5.03. The fraction of sp³-hybridized carbons (Fsp3) is 0.571. The lowest BCUT2D eigenvalue weighted by Crippen LogP contribution is -2.69. The lowest BCUT2D eigenvalue weighted by atomic mass is 9.45. The standard InChI is InChI=1S/C28H31F2NO5/c1-25-10-9-20(32)11-17(25)5-8-21-22-12-18-15-31(14-16-3-6-19(29)7-4-16)36-28(18,24(34)35)26(22,2)13-23(33)27(21,25)30/h3-4,6-7,9-11,18,21-23,33H,5,8,12-15H2,1-2H3,(H,34,35)/t18-,21-,22-,23-,25-,26-,27-,28-/m0/s1. The van der Waals surface area contributed by atoms with Crippen molar-refractivity contribution in [3.8, 4) is 0 Å². The number of benzene rings is 1. The summed E-state index contributed by atoms with van der Waals surface area (Å²) in [7, 11) is 0. The van der Waals surface area contributed by atoms with Gasteiger partial charge in [0.15, 0.2) is 17.1 Å². The molecule has 4 fully saturated rings. The van der Waals surface area contributed by atoms with Crippen molar-refractivity contribution in [2.24, 2.45) is 28.6 Å². The molecule has 0 radical (unpaired) electrons. The first-order chi connectivity index (χ1) is 17.0. The van der Waals surface area contributed by atoms with Crippen LogP contribution in [-0.2, 0) is 21.0 Å². The minimum absolute atomic E-state index is 0.0531. The third-order valence-corrected chi connectivity index (χ3v) is 10.3. The number of hydroxylamine groups is 2. The van der Waals surface area contributed by atoms with Crippen molar-refractivity contribution in [3.63, 3.8) is 0 Å². The molecule has 4 aliphatic carbocycles. The van der Waals surface area contributed by atoms with Gasteiger partial charge in [-0.2, -0.15) is 5.06 Å². The second-order valence-corrected chi connectivity index (χ2v) is 11.8. The van der Waals surface area contributed by atoms with Crippen LogP contribution in [0.2, 0.25) is 0 Å². The molecule has 0 spiro atoms. The second kappa shape index (κ2) is 7.55. The van der Waals surface area contributed by atoms with Gasteiger partial charge in [0.2, 0.25) is 0 Å². The Morgan fingerprint density at radius 3 is 2.64 bits per heavy atom. The minimum atomic E-state index is -2.01. The molecule has 8 atom stereocenters. The van der Waals surface area contributed by atoms with Crippen LogP contribution in [-0.4, -0.2) is 50.9 Å². The van der Waals surface area contributed by atoms with Gasteiger partial charge in [-0.3, -0.25) is 9.63 Å². The van der Waals surface area contributed by atoms with E-state index in [-0.39, 0.29) is 29.9 Å². The quantitative estimate of drug-likeness (QED) is 0.654. The Morgan fingerprint density at radius 2 is 1.94 bits per heavy atom. The zero-order chi connectivity index (χ0) is 25.7. The molecule has 3 saturated carbocycles. The summed E-state index contributed by atoms with van der Waals surface area (Å²) in [6, 6.07) is 5.99. The molecule has 1 aliphatic heterocycles. The maximum Gasteiger partial charge on any atom is 0.339 e. The highest BCUT2D eigenvalue weighted by molar-refractivity contribution is 6.01. The van der Waals surface area contributed by atoms with Crippen molar-refractivity contribution in [1.29, 1.82) is 0 Å². The summed E-state index contributed by atoms with van der Waals surface area (Å²) in [5, 5.41) is 23.7. The summed E-state index contributed by atoms with van der Waals surface area (Å²) in [5.74, 6) is -2.87. The van der Waals surface area contributed by atoms with Crippen molar-refractivity contribution in [2.75, 3.05) is 6.54 Å². The lowest BCUT2D eigenvalue weighted by molar-refractivity contribution is -0.274. The first-order valence-electron chi connectivity index (χ1n) is 12.7. The van der Waals surface area contributed by atoms with Crippen molar-refractivity contribution < 1.29 is 33.4 Å². The number of hydrogen-bond acceptors (Lipinski definition) is 5. The average Bonchev–Trinajstić information content (AvgIpc) is 3.30. The van der Waals surface area contributed by atoms with Gasteiger partial charge in [0, 0.05) is 35.8 Å². The highest BCUT2D eigenvalue weighted by Gasteiger charge is 2.79. The number of halogens is 2. The molecular weight excluding hydrogens is 468 g/mol. The molecule has 0 aromatic heterocycles. The van der Waals surface area contributed by atoms with Gasteiger partial charge in [-0.1, -0.05) is 30.7 Å². The number of fused-ring (bicyclic) bond motifs is 7. The molecular formula is C28H31F2NO5.